The van der Waals surface area contributed by atoms with Crippen LogP contribution >= 0.6 is 0 Å². The van der Waals surface area contributed by atoms with Crippen LogP contribution in [0.15, 0.2) is 77.7 Å². The number of carbonyl (C=O) groups is 2. The van der Waals surface area contributed by atoms with Crippen LogP contribution in [0.25, 0.3) is 0 Å². The van der Waals surface area contributed by atoms with E-state index >= 15 is 0 Å². The molecule has 0 spiro atoms. The number of carbonyl (C=O) groups excluding carboxylic acids is 2. The van der Waals surface area contributed by atoms with Crippen molar-refractivity contribution in [3.8, 4) is 0 Å². The minimum absolute atomic E-state index is 0.0536. The van der Waals surface area contributed by atoms with E-state index in [1.54, 1.807) is 24.3 Å². The van der Waals surface area contributed by atoms with Crippen molar-refractivity contribution in [2.45, 2.75) is 77.9 Å². The average Bonchev–Trinajstić information content (AvgIpc) is 2.93. The quantitative estimate of drug-likeness (QED) is 0.314. The maximum atomic E-state index is 14.2. The number of hydrogen-bond acceptors (Lipinski definition) is 4. The van der Waals surface area contributed by atoms with E-state index in [9.17, 15) is 18.0 Å². The summed E-state index contributed by atoms with van der Waals surface area (Å²) in [6.45, 7) is 11.2. The van der Waals surface area contributed by atoms with Crippen LogP contribution < -0.4 is 9.62 Å². The summed E-state index contributed by atoms with van der Waals surface area (Å²) in [6, 6.07) is 20.5. The molecule has 3 rings (SSSR count). The summed E-state index contributed by atoms with van der Waals surface area (Å²) in [5.41, 5.74) is 4.03. The molecule has 0 aliphatic rings. The van der Waals surface area contributed by atoms with E-state index in [0.717, 1.165) is 28.7 Å². The second kappa shape index (κ2) is 13.6. The predicted molar refractivity (Wildman–Crippen MR) is 161 cm³/mol. The van der Waals surface area contributed by atoms with Gasteiger partial charge in [-0.05, 0) is 75.4 Å². The zero-order valence-electron chi connectivity index (χ0n) is 24.3. The lowest BCUT2D eigenvalue weighted by Gasteiger charge is -2.34. The van der Waals surface area contributed by atoms with Gasteiger partial charge in [0.15, 0.2) is 0 Å². The third-order valence-electron chi connectivity index (χ3n) is 7.22. The molecule has 3 aromatic carbocycles. The summed E-state index contributed by atoms with van der Waals surface area (Å²) in [4.78, 5) is 29.2. The number of amides is 2. The molecular formula is C32H41N3O4S. The normalized spacial score (nSPS) is 12.8. The van der Waals surface area contributed by atoms with Crippen LogP contribution in [0.2, 0.25) is 0 Å². The topological polar surface area (TPSA) is 86.8 Å². The van der Waals surface area contributed by atoms with Crippen molar-refractivity contribution in [1.29, 1.82) is 0 Å². The van der Waals surface area contributed by atoms with Crippen LogP contribution in [-0.2, 0) is 26.2 Å². The van der Waals surface area contributed by atoms with Gasteiger partial charge in [0.1, 0.15) is 12.6 Å². The summed E-state index contributed by atoms with van der Waals surface area (Å²) < 4.78 is 29.1. The number of anilines is 1. The lowest BCUT2D eigenvalue weighted by molar-refractivity contribution is -0.140. The second-order valence-corrected chi connectivity index (χ2v) is 12.2. The van der Waals surface area contributed by atoms with Gasteiger partial charge in [-0.15, -0.1) is 0 Å². The van der Waals surface area contributed by atoms with E-state index in [-0.39, 0.29) is 23.4 Å². The average molecular weight is 564 g/mol. The Morgan fingerprint density at radius 1 is 0.850 bits per heavy atom. The third-order valence-corrected chi connectivity index (χ3v) is 8.99. The molecule has 8 heteroatoms. The Morgan fingerprint density at radius 3 is 2.10 bits per heavy atom. The van der Waals surface area contributed by atoms with Crippen LogP contribution in [0.5, 0.6) is 0 Å². The molecule has 2 atom stereocenters. The molecule has 0 aromatic heterocycles. The monoisotopic (exact) mass is 563 g/mol. The largest absolute Gasteiger partial charge is 0.352 e. The Balaban J connectivity index is 2.09. The van der Waals surface area contributed by atoms with Gasteiger partial charge in [-0.25, -0.2) is 8.42 Å². The standard InChI is InChI=1S/C32H41N3O4S/c1-7-26(6)33-32(37)29(8-2)34(21-27-15-13-12-14-24(27)4)31(36)22-35(30-19-18-23(3)20-25(30)5)40(38,39)28-16-10-9-11-17-28/h9-20,26,29H,7-8,21-22H2,1-6H3,(H,33,37)/t26-,29-/m1/s1. The molecule has 0 aliphatic heterocycles. The van der Waals surface area contributed by atoms with Crippen molar-refractivity contribution in [3.63, 3.8) is 0 Å². The first-order chi connectivity index (χ1) is 19.0. The van der Waals surface area contributed by atoms with Gasteiger partial charge in [0.25, 0.3) is 10.0 Å². The highest BCUT2D eigenvalue weighted by molar-refractivity contribution is 7.92. The van der Waals surface area contributed by atoms with Crippen molar-refractivity contribution in [1.82, 2.24) is 10.2 Å². The van der Waals surface area contributed by atoms with Gasteiger partial charge < -0.3 is 10.2 Å². The van der Waals surface area contributed by atoms with E-state index < -0.39 is 28.5 Å². The first-order valence-corrected chi connectivity index (χ1v) is 15.2. The molecule has 0 heterocycles. The summed E-state index contributed by atoms with van der Waals surface area (Å²) >= 11 is 0. The van der Waals surface area contributed by atoms with Crippen molar-refractivity contribution in [3.05, 3.63) is 95.1 Å². The minimum atomic E-state index is -4.09. The zero-order valence-corrected chi connectivity index (χ0v) is 25.2. The highest BCUT2D eigenvalue weighted by Crippen LogP contribution is 2.28. The summed E-state index contributed by atoms with van der Waals surface area (Å²) in [5, 5.41) is 3.01. The molecule has 7 nitrogen and oxygen atoms in total. The maximum absolute atomic E-state index is 14.2. The fourth-order valence-corrected chi connectivity index (χ4v) is 6.15. The van der Waals surface area contributed by atoms with E-state index in [4.69, 9.17) is 0 Å². The number of aryl methyl sites for hydroxylation is 3. The van der Waals surface area contributed by atoms with Crippen molar-refractivity contribution in [2.24, 2.45) is 0 Å². The van der Waals surface area contributed by atoms with Crippen LogP contribution in [0.1, 0.15) is 55.9 Å². The van der Waals surface area contributed by atoms with E-state index in [0.29, 0.717) is 12.1 Å². The van der Waals surface area contributed by atoms with Crippen LogP contribution in [0, 0.1) is 20.8 Å². The predicted octanol–water partition coefficient (Wildman–Crippen LogP) is 5.53. The fourth-order valence-electron chi connectivity index (χ4n) is 4.65. The van der Waals surface area contributed by atoms with Crippen molar-refractivity contribution < 1.29 is 18.0 Å². The molecule has 3 aromatic rings. The number of rotatable bonds is 12. The van der Waals surface area contributed by atoms with Crippen LogP contribution in [0.4, 0.5) is 5.69 Å². The molecule has 0 unspecified atom stereocenters. The van der Waals surface area contributed by atoms with Crippen LogP contribution in [-0.4, -0.2) is 43.8 Å². The maximum Gasteiger partial charge on any atom is 0.264 e. The van der Waals surface area contributed by atoms with Gasteiger partial charge in [0, 0.05) is 12.6 Å². The lowest BCUT2D eigenvalue weighted by Crippen LogP contribution is -2.53. The van der Waals surface area contributed by atoms with E-state index in [1.165, 1.54) is 21.3 Å². The van der Waals surface area contributed by atoms with Gasteiger partial charge in [-0.2, -0.15) is 0 Å². The molecule has 0 aliphatic carbocycles. The van der Waals surface area contributed by atoms with E-state index in [1.807, 2.05) is 77.9 Å². The zero-order chi connectivity index (χ0) is 29.4. The first-order valence-electron chi connectivity index (χ1n) is 13.8. The van der Waals surface area contributed by atoms with E-state index in [2.05, 4.69) is 5.32 Å². The minimum Gasteiger partial charge on any atom is -0.352 e. The molecule has 0 radical (unpaired) electrons. The third kappa shape index (κ3) is 7.30. The highest BCUT2D eigenvalue weighted by atomic mass is 32.2. The molecule has 214 valence electrons. The molecule has 0 bridgehead atoms. The van der Waals surface area contributed by atoms with Gasteiger partial charge in [0.2, 0.25) is 11.8 Å². The Kier molecular flexibility index (Phi) is 10.5. The molecular weight excluding hydrogens is 522 g/mol. The molecule has 2 amide bonds. The number of sulfonamides is 1. The first kappa shape index (κ1) is 30.9. The smallest absolute Gasteiger partial charge is 0.264 e. The summed E-state index contributed by atoms with van der Waals surface area (Å²) in [6.07, 6.45) is 1.14. The Morgan fingerprint density at radius 2 is 1.50 bits per heavy atom. The Hall–Kier alpha value is -3.65. The van der Waals surface area contributed by atoms with Gasteiger partial charge in [-0.3, -0.25) is 13.9 Å². The Bertz CT molecular complexity index is 1420. The molecule has 0 fully saturated rings. The summed E-state index contributed by atoms with van der Waals surface area (Å²) in [7, 11) is -4.09. The lowest BCUT2D eigenvalue weighted by atomic mass is 10.1. The van der Waals surface area contributed by atoms with Gasteiger partial charge in [-0.1, -0.05) is 74.0 Å². The van der Waals surface area contributed by atoms with Crippen LogP contribution in [0.3, 0.4) is 0 Å². The molecule has 0 saturated heterocycles. The number of benzene rings is 3. The van der Waals surface area contributed by atoms with Gasteiger partial charge in [0.05, 0.1) is 10.6 Å². The van der Waals surface area contributed by atoms with Crippen molar-refractivity contribution >= 4 is 27.5 Å². The van der Waals surface area contributed by atoms with Gasteiger partial charge >= 0.3 is 0 Å². The molecule has 40 heavy (non-hydrogen) atoms. The number of nitrogens with zero attached hydrogens (tertiary/aromatic N) is 2. The highest BCUT2D eigenvalue weighted by Gasteiger charge is 2.34. The molecule has 1 N–H and O–H groups in total. The molecule has 0 saturated carbocycles. The number of nitrogens with one attached hydrogen (secondary N) is 1. The second-order valence-electron chi connectivity index (χ2n) is 10.3. The Labute approximate surface area is 239 Å². The number of hydrogen-bond donors (Lipinski definition) is 1. The summed E-state index contributed by atoms with van der Waals surface area (Å²) in [5.74, 6) is -0.698. The fraction of sp³-hybridized carbons (Fsp3) is 0.375. The SMILES string of the molecule is CC[C@@H](C)NC(=O)[C@@H](CC)N(Cc1ccccc1C)C(=O)CN(c1ccc(C)cc1C)S(=O)(=O)c1ccccc1. The van der Waals surface area contributed by atoms with Crippen molar-refractivity contribution in [2.75, 3.05) is 10.8 Å².